The van der Waals surface area contributed by atoms with Crippen molar-refractivity contribution in [3.05, 3.63) is 59.4 Å². The molecule has 0 unspecified atom stereocenters. The zero-order valence-electron chi connectivity index (χ0n) is 13.3. The number of carbonyl (C=O) groups excluding carboxylic acids is 2. The number of halogens is 1. The summed E-state index contributed by atoms with van der Waals surface area (Å²) in [6.45, 7) is -0.215. The fourth-order valence-electron chi connectivity index (χ4n) is 2.64. The Kier molecular flexibility index (Phi) is 5.23. The second kappa shape index (κ2) is 7.57. The number of nitrogens with one attached hydrogen (secondary N) is 1. The van der Waals surface area contributed by atoms with Crippen molar-refractivity contribution < 1.29 is 18.7 Å². The normalized spacial score (nSPS) is 16.0. The van der Waals surface area contributed by atoms with Gasteiger partial charge in [-0.1, -0.05) is 12.1 Å². The highest BCUT2D eigenvalue weighted by Crippen LogP contribution is 2.37. The van der Waals surface area contributed by atoms with Gasteiger partial charge < -0.3 is 15.8 Å². The topological polar surface area (TPSA) is 81.4 Å². The van der Waals surface area contributed by atoms with Gasteiger partial charge in [0.1, 0.15) is 11.6 Å². The average Bonchev–Trinajstić information content (AvgIpc) is 2.61. The number of carbonyl (C=O) groups is 2. The van der Waals surface area contributed by atoms with Crippen LogP contribution in [0.3, 0.4) is 0 Å². The first kappa shape index (κ1) is 17.3. The minimum Gasteiger partial charge on any atom is -0.484 e. The predicted octanol–water partition coefficient (Wildman–Crippen LogP) is 2.66. The number of thioether (sulfide) groups is 1. The first-order valence-electron chi connectivity index (χ1n) is 7.78. The molecule has 0 fully saturated rings. The van der Waals surface area contributed by atoms with Gasteiger partial charge in [0.15, 0.2) is 6.61 Å². The van der Waals surface area contributed by atoms with E-state index < -0.39 is 5.91 Å². The van der Waals surface area contributed by atoms with Crippen molar-refractivity contribution in [1.29, 1.82) is 0 Å². The molecule has 0 bridgehead atoms. The minimum atomic E-state index is -0.567. The van der Waals surface area contributed by atoms with Crippen molar-refractivity contribution in [2.45, 2.75) is 17.4 Å². The van der Waals surface area contributed by atoms with E-state index in [9.17, 15) is 14.0 Å². The van der Waals surface area contributed by atoms with Gasteiger partial charge in [-0.25, -0.2) is 4.39 Å². The minimum absolute atomic E-state index is 0.215. The lowest BCUT2D eigenvalue weighted by atomic mass is 10.0. The van der Waals surface area contributed by atoms with Crippen LogP contribution < -0.4 is 15.8 Å². The number of fused-ring (bicyclic) bond motifs is 1. The summed E-state index contributed by atoms with van der Waals surface area (Å²) in [6.07, 6.45) is 0.743. The molecule has 5 nitrogen and oxygen atoms in total. The van der Waals surface area contributed by atoms with E-state index in [1.807, 2.05) is 6.07 Å². The Balaban J connectivity index is 1.69. The molecule has 3 N–H and O–H groups in total. The molecule has 1 heterocycles. The fourth-order valence-corrected chi connectivity index (χ4v) is 3.78. The molecule has 0 saturated carbocycles. The van der Waals surface area contributed by atoms with E-state index in [1.54, 1.807) is 30.3 Å². The molecule has 0 aromatic heterocycles. The van der Waals surface area contributed by atoms with E-state index in [0.717, 1.165) is 17.7 Å². The lowest BCUT2D eigenvalue weighted by Crippen LogP contribution is -2.30. The van der Waals surface area contributed by atoms with Gasteiger partial charge in [-0.05, 0) is 42.3 Å². The summed E-state index contributed by atoms with van der Waals surface area (Å²) in [7, 11) is 0. The predicted molar refractivity (Wildman–Crippen MR) is 93.1 cm³/mol. The van der Waals surface area contributed by atoms with Crippen LogP contribution in [0.15, 0.2) is 47.4 Å². The van der Waals surface area contributed by atoms with Crippen molar-refractivity contribution in [2.24, 2.45) is 5.73 Å². The lowest BCUT2D eigenvalue weighted by Gasteiger charge is -2.26. The van der Waals surface area contributed by atoms with Crippen LogP contribution in [0.25, 0.3) is 0 Å². The van der Waals surface area contributed by atoms with Crippen LogP contribution >= 0.6 is 11.8 Å². The van der Waals surface area contributed by atoms with Crippen LogP contribution in [0.4, 0.5) is 4.39 Å². The van der Waals surface area contributed by atoms with Crippen molar-refractivity contribution >= 4 is 23.6 Å². The maximum Gasteiger partial charge on any atom is 0.255 e. The third-order valence-corrected chi connectivity index (χ3v) is 4.99. The van der Waals surface area contributed by atoms with Gasteiger partial charge in [-0.2, -0.15) is 0 Å². The summed E-state index contributed by atoms with van der Waals surface area (Å²) in [5, 5.41) is 2.95. The summed E-state index contributed by atoms with van der Waals surface area (Å²) in [6, 6.07) is 11.1. The molecule has 1 aliphatic rings. The fraction of sp³-hybridized carbons (Fsp3) is 0.222. The van der Waals surface area contributed by atoms with Crippen LogP contribution in [0.5, 0.6) is 5.75 Å². The molecular weight excluding hydrogens is 343 g/mol. The molecule has 0 saturated heterocycles. The van der Waals surface area contributed by atoms with Gasteiger partial charge in [0.2, 0.25) is 0 Å². The van der Waals surface area contributed by atoms with Gasteiger partial charge in [-0.3, -0.25) is 9.59 Å². The molecule has 0 spiro atoms. The third kappa shape index (κ3) is 4.11. The van der Waals surface area contributed by atoms with Crippen LogP contribution in [-0.4, -0.2) is 24.2 Å². The van der Waals surface area contributed by atoms with E-state index in [0.29, 0.717) is 16.2 Å². The van der Waals surface area contributed by atoms with Crippen molar-refractivity contribution in [3.8, 4) is 5.75 Å². The van der Waals surface area contributed by atoms with Gasteiger partial charge in [0.25, 0.3) is 11.8 Å². The number of hydrogen-bond acceptors (Lipinski definition) is 4. The Morgan fingerprint density at radius 2 is 2.00 bits per heavy atom. The largest absolute Gasteiger partial charge is 0.484 e. The Morgan fingerprint density at radius 3 is 2.72 bits per heavy atom. The van der Waals surface area contributed by atoms with E-state index >= 15 is 0 Å². The number of primary amides is 1. The summed E-state index contributed by atoms with van der Waals surface area (Å²) >= 11 is 1.47. The van der Waals surface area contributed by atoms with Crippen LogP contribution in [0.2, 0.25) is 0 Å². The van der Waals surface area contributed by atoms with Gasteiger partial charge in [0, 0.05) is 16.2 Å². The zero-order valence-corrected chi connectivity index (χ0v) is 14.1. The second-order valence-electron chi connectivity index (χ2n) is 5.60. The Morgan fingerprint density at radius 1 is 1.24 bits per heavy atom. The highest BCUT2D eigenvalue weighted by molar-refractivity contribution is 7.99. The summed E-state index contributed by atoms with van der Waals surface area (Å²) in [4.78, 5) is 23.8. The maximum atomic E-state index is 13.9. The molecule has 3 rings (SSSR count). The van der Waals surface area contributed by atoms with Crippen molar-refractivity contribution in [3.63, 3.8) is 0 Å². The SMILES string of the molecule is NC(=O)COc1ccc(C(=O)N[C@H]2CCSc3c(F)cccc32)cc1. The molecule has 1 atom stereocenters. The van der Waals surface area contributed by atoms with Crippen molar-refractivity contribution in [1.82, 2.24) is 5.32 Å². The van der Waals surface area contributed by atoms with Crippen LogP contribution in [-0.2, 0) is 4.79 Å². The Hall–Kier alpha value is -2.54. The third-order valence-electron chi connectivity index (χ3n) is 3.83. The molecule has 0 aliphatic carbocycles. The van der Waals surface area contributed by atoms with E-state index in [2.05, 4.69) is 5.32 Å². The van der Waals surface area contributed by atoms with Gasteiger partial charge in [-0.15, -0.1) is 11.8 Å². The summed E-state index contributed by atoms with van der Waals surface area (Å²) in [5.41, 5.74) is 6.29. The first-order valence-corrected chi connectivity index (χ1v) is 8.76. The Bertz CT molecular complexity index is 795. The molecule has 2 amide bonds. The first-order chi connectivity index (χ1) is 12.0. The molecular formula is C18H17FN2O3S. The van der Waals surface area contributed by atoms with Crippen LogP contribution in [0, 0.1) is 5.82 Å². The molecule has 130 valence electrons. The Labute approximate surface area is 148 Å². The number of amides is 2. The number of rotatable bonds is 5. The van der Waals surface area contributed by atoms with Gasteiger partial charge >= 0.3 is 0 Å². The van der Waals surface area contributed by atoms with E-state index in [4.69, 9.17) is 10.5 Å². The lowest BCUT2D eigenvalue weighted by molar-refractivity contribution is -0.119. The highest BCUT2D eigenvalue weighted by atomic mass is 32.2. The summed E-state index contributed by atoms with van der Waals surface area (Å²) < 4.78 is 19.1. The number of nitrogens with two attached hydrogens (primary N) is 1. The standard InChI is InChI=1S/C18H17FN2O3S/c19-14-3-1-2-13-15(8-9-25-17(13)14)21-18(23)11-4-6-12(7-5-11)24-10-16(20)22/h1-7,15H,8-10H2,(H2,20,22)(H,21,23)/t15-/m0/s1. The average molecular weight is 360 g/mol. The molecule has 2 aromatic carbocycles. The van der Waals surface area contributed by atoms with E-state index in [-0.39, 0.29) is 24.4 Å². The molecule has 1 aliphatic heterocycles. The molecule has 7 heteroatoms. The monoisotopic (exact) mass is 360 g/mol. The number of ether oxygens (including phenoxy) is 1. The van der Waals surface area contributed by atoms with E-state index in [1.165, 1.54) is 17.8 Å². The maximum absolute atomic E-state index is 13.9. The molecule has 25 heavy (non-hydrogen) atoms. The highest BCUT2D eigenvalue weighted by Gasteiger charge is 2.24. The van der Waals surface area contributed by atoms with Crippen molar-refractivity contribution in [2.75, 3.05) is 12.4 Å². The van der Waals surface area contributed by atoms with Gasteiger partial charge in [0.05, 0.1) is 6.04 Å². The molecule has 2 aromatic rings. The smallest absolute Gasteiger partial charge is 0.255 e. The van der Waals surface area contributed by atoms with Crippen LogP contribution in [0.1, 0.15) is 28.4 Å². The summed E-state index contributed by atoms with van der Waals surface area (Å²) in [5.74, 6) is 0.143. The number of hydrogen-bond donors (Lipinski definition) is 2. The second-order valence-corrected chi connectivity index (χ2v) is 6.71. The quantitative estimate of drug-likeness (QED) is 0.859. The molecule has 0 radical (unpaired) electrons. The number of benzene rings is 2. The zero-order chi connectivity index (χ0) is 17.8.